The molecule has 0 N–H and O–H groups in total. The normalized spacial score (nSPS) is 15.0. The minimum atomic E-state index is -0.623. The molecule has 1 aliphatic rings. The van der Waals surface area contributed by atoms with Crippen molar-refractivity contribution in [1.82, 2.24) is 0 Å². The molecule has 6 heteroatoms. The number of carbonyl (C=O) groups excluding carboxylic acids is 1. The minimum absolute atomic E-state index is 0.152. The summed E-state index contributed by atoms with van der Waals surface area (Å²) in [6, 6.07) is 20.1. The highest BCUT2D eigenvalue weighted by Gasteiger charge is 2.25. The highest BCUT2D eigenvalue weighted by molar-refractivity contribution is 5.89. The Morgan fingerprint density at radius 1 is 1.14 bits per heavy atom. The zero-order chi connectivity index (χ0) is 20.2. The van der Waals surface area contributed by atoms with Crippen LogP contribution in [0.4, 0.5) is 4.39 Å². The maximum atomic E-state index is 14.0. The van der Waals surface area contributed by atoms with Gasteiger partial charge >= 0.3 is 5.97 Å². The lowest BCUT2D eigenvalue weighted by molar-refractivity contribution is -0.112. The first-order valence-corrected chi connectivity index (χ1v) is 8.96. The smallest absolute Gasteiger partial charge is 0.338 e. The van der Waals surface area contributed by atoms with Crippen molar-refractivity contribution in [2.75, 3.05) is 0 Å². The number of fused-ring (bicyclic) bond motifs is 1. The molecule has 0 amide bonds. The van der Waals surface area contributed by atoms with Crippen molar-refractivity contribution < 1.29 is 23.4 Å². The number of esters is 1. The standard InChI is InChI=1S/C23H16FNO4/c24-20-10-18(13-27-22(26)16-8-6-15(12-25)7-9-16)21-19(11-20)14-28-23(29-21)17-4-2-1-3-5-17/h1-11,23H,13-14H2/t23-/m0/s1. The maximum Gasteiger partial charge on any atom is 0.338 e. The molecular formula is C23H16FNO4. The zero-order valence-electron chi connectivity index (χ0n) is 15.3. The number of hydrogen-bond donors (Lipinski definition) is 0. The molecule has 29 heavy (non-hydrogen) atoms. The van der Waals surface area contributed by atoms with Gasteiger partial charge in [-0.15, -0.1) is 0 Å². The van der Waals surface area contributed by atoms with Gasteiger partial charge in [0.2, 0.25) is 6.29 Å². The Balaban J connectivity index is 1.53. The first-order chi connectivity index (χ1) is 14.1. The van der Waals surface area contributed by atoms with Gasteiger partial charge in [-0.05, 0) is 36.4 Å². The van der Waals surface area contributed by atoms with E-state index in [9.17, 15) is 9.18 Å². The molecule has 1 heterocycles. The number of halogens is 1. The van der Waals surface area contributed by atoms with Crippen LogP contribution in [0.15, 0.2) is 66.7 Å². The van der Waals surface area contributed by atoms with Crippen molar-refractivity contribution >= 4 is 5.97 Å². The third-order valence-corrected chi connectivity index (χ3v) is 4.50. The third kappa shape index (κ3) is 4.10. The van der Waals surface area contributed by atoms with Crippen LogP contribution in [0.5, 0.6) is 5.75 Å². The molecule has 0 bridgehead atoms. The molecule has 0 saturated carbocycles. The molecule has 5 nitrogen and oxygen atoms in total. The average Bonchev–Trinajstić information content (AvgIpc) is 2.77. The van der Waals surface area contributed by atoms with Crippen molar-refractivity contribution in [2.45, 2.75) is 19.5 Å². The van der Waals surface area contributed by atoms with Crippen molar-refractivity contribution in [2.24, 2.45) is 0 Å². The summed E-state index contributed by atoms with van der Waals surface area (Å²) in [5, 5.41) is 8.84. The predicted molar refractivity (Wildman–Crippen MR) is 101 cm³/mol. The molecule has 144 valence electrons. The Hall–Kier alpha value is -3.69. The van der Waals surface area contributed by atoms with E-state index in [2.05, 4.69) is 0 Å². The van der Waals surface area contributed by atoms with Crippen LogP contribution in [0, 0.1) is 17.1 Å². The van der Waals surface area contributed by atoms with E-state index >= 15 is 0 Å². The van der Waals surface area contributed by atoms with Crippen LogP contribution in [0.2, 0.25) is 0 Å². The van der Waals surface area contributed by atoms with Gasteiger partial charge in [-0.3, -0.25) is 0 Å². The Bertz CT molecular complexity index is 1070. The maximum absolute atomic E-state index is 14.0. The lowest BCUT2D eigenvalue weighted by Gasteiger charge is -2.28. The Kier molecular flexibility index (Phi) is 5.23. The van der Waals surface area contributed by atoms with Gasteiger partial charge in [0, 0.05) is 16.7 Å². The summed E-state index contributed by atoms with van der Waals surface area (Å²) in [5.41, 5.74) is 2.57. The summed E-state index contributed by atoms with van der Waals surface area (Å²) in [6.45, 7) is 0.0314. The molecule has 1 aliphatic heterocycles. The average molecular weight is 389 g/mol. The van der Waals surface area contributed by atoms with Crippen molar-refractivity contribution in [3.63, 3.8) is 0 Å². The minimum Gasteiger partial charge on any atom is -0.460 e. The fraction of sp³-hybridized carbons (Fsp3) is 0.130. The van der Waals surface area contributed by atoms with Crippen LogP contribution < -0.4 is 4.74 Å². The van der Waals surface area contributed by atoms with Crippen molar-refractivity contribution in [3.05, 3.63) is 100 Å². The number of hydrogen-bond acceptors (Lipinski definition) is 5. The molecule has 1 atom stereocenters. The molecule has 3 aromatic rings. The van der Waals surface area contributed by atoms with Gasteiger partial charge in [0.25, 0.3) is 0 Å². The van der Waals surface area contributed by atoms with Gasteiger partial charge in [-0.2, -0.15) is 5.26 Å². The highest BCUT2D eigenvalue weighted by atomic mass is 19.1. The predicted octanol–water partition coefficient (Wildman–Crippen LogP) is 4.66. The highest BCUT2D eigenvalue weighted by Crippen LogP contribution is 2.36. The SMILES string of the molecule is N#Cc1ccc(C(=O)OCc2cc(F)cc3c2O[C@@H](c2ccccc2)OC3)cc1. The quantitative estimate of drug-likeness (QED) is 0.607. The van der Waals surface area contributed by atoms with Crippen LogP contribution in [0.1, 0.15) is 38.9 Å². The van der Waals surface area contributed by atoms with Crippen LogP contribution in [0.3, 0.4) is 0 Å². The number of benzene rings is 3. The van der Waals surface area contributed by atoms with E-state index in [1.807, 2.05) is 36.4 Å². The first kappa shape index (κ1) is 18.7. The molecule has 0 aromatic heterocycles. The second-order valence-electron chi connectivity index (χ2n) is 6.49. The van der Waals surface area contributed by atoms with E-state index < -0.39 is 18.1 Å². The molecule has 0 spiro atoms. The summed E-state index contributed by atoms with van der Waals surface area (Å²) >= 11 is 0. The summed E-state index contributed by atoms with van der Waals surface area (Å²) in [6.07, 6.45) is -0.623. The summed E-state index contributed by atoms with van der Waals surface area (Å²) in [7, 11) is 0. The van der Waals surface area contributed by atoms with E-state index in [1.54, 1.807) is 0 Å². The van der Waals surface area contributed by atoms with Gasteiger partial charge in [-0.25, -0.2) is 9.18 Å². The summed E-state index contributed by atoms with van der Waals surface area (Å²) in [4.78, 5) is 12.3. The van der Waals surface area contributed by atoms with Gasteiger partial charge in [0.1, 0.15) is 18.2 Å². The van der Waals surface area contributed by atoms with Crippen LogP contribution in [0.25, 0.3) is 0 Å². The van der Waals surface area contributed by atoms with Gasteiger partial charge in [0.05, 0.1) is 23.8 Å². The van der Waals surface area contributed by atoms with Gasteiger partial charge in [-0.1, -0.05) is 30.3 Å². The van der Waals surface area contributed by atoms with Gasteiger partial charge < -0.3 is 14.2 Å². The number of rotatable bonds is 4. The summed E-state index contributed by atoms with van der Waals surface area (Å²) in [5.74, 6) is -0.572. The summed E-state index contributed by atoms with van der Waals surface area (Å²) < 4.78 is 31.0. The molecule has 3 aromatic carbocycles. The van der Waals surface area contributed by atoms with Crippen molar-refractivity contribution in [3.8, 4) is 11.8 Å². The lowest BCUT2D eigenvalue weighted by Crippen LogP contribution is -2.20. The van der Waals surface area contributed by atoms with Crippen molar-refractivity contribution in [1.29, 1.82) is 5.26 Å². The lowest BCUT2D eigenvalue weighted by atomic mass is 10.1. The monoisotopic (exact) mass is 389 g/mol. The molecule has 0 saturated heterocycles. The topological polar surface area (TPSA) is 68.6 Å². The van der Waals surface area contributed by atoms with E-state index in [1.165, 1.54) is 36.4 Å². The fourth-order valence-electron chi connectivity index (χ4n) is 3.07. The third-order valence-electron chi connectivity index (χ3n) is 4.50. The second kappa shape index (κ2) is 8.13. The van der Waals surface area contributed by atoms with E-state index in [4.69, 9.17) is 19.5 Å². The number of ether oxygens (including phenoxy) is 3. The fourth-order valence-corrected chi connectivity index (χ4v) is 3.07. The van der Waals surface area contributed by atoms with Crippen LogP contribution in [-0.4, -0.2) is 5.97 Å². The molecule has 0 fully saturated rings. The first-order valence-electron chi connectivity index (χ1n) is 8.96. The number of nitriles is 1. The largest absolute Gasteiger partial charge is 0.460 e. The Labute approximate surface area is 166 Å². The van der Waals surface area contributed by atoms with Crippen LogP contribution in [-0.2, 0) is 22.7 Å². The van der Waals surface area contributed by atoms with Gasteiger partial charge in [0.15, 0.2) is 0 Å². The second-order valence-corrected chi connectivity index (χ2v) is 6.49. The molecule has 0 unspecified atom stereocenters. The molecule has 0 aliphatic carbocycles. The Morgan fingerprint density at radius 2 is 1.90 bits per heavy atom. The van der Waals surface area contributed by atoms with E-state index in [-0.39, 0.29) is 13.2 Å². The zero-order valence-corrected chi connectivity index (χ0v) is 15.3. The van der Waals surface area contributed by atoms with E-state index in [0.717, 1.165) is 5.56 Å². The number of carbonyl (C=O) groups is 1. The van der Waals surface area contributed by atoms with E-state index in [0.29, 0.717) is 28.0 Å². The molecular weight excluding hydrogens is 373 g/mol. The Morgan fingerprint density at radius 3 is 2.62 bits per heavy atom. The number of nitrogens with zero attached hydrogens (tertiary/aromatic N) is 1. The molecule has 4 rings (SSSR count). The molecule has 0 radical (unpaired) electrons. The van der Waals surface area contributed by atoms with Crippen LogP contribution >= 0.6 is 0 Å².